The number of anilines is 1. The van der Waals surface area contributed by atoms with Crippen molar-refractivity contribution in [2.75, 3.05) is 4.90 Å². The van der Waals surface area contributed by atoms with Crippen LogP contribution in [0.15, 0.2) is 47.2 Å². The third kappa shape index (κ3) is 5.12. The van der Waals surface area contributed by atoms with E-state index in [1.165, 1.54) is 16.2 Å². The Morgan fingerprint density at radius 2 is 1.80 bits per heavy atom. The van der Waals surface area contributed by atoms with Crippen molar-refractivity contribution in [3.05, 3.63) is 63.3 Å². The van der Waals surface area contributed by atoms with Gasteiger partial charge in [0, 0.05) is 21.5 Å². The monoisotopic (exact) mass is 442 g/mol. The smallest absolute Gasteiger partial charge is 0.280 e. The molecule has 0 aliphatic rings. The van der Waals surface area contributed by atoms with Crippen molar-refractivity contribution < 1.29 is 9.59 Å². The van der Waals surface area contributed by atoms with Crippen LogP contribution < -0.4 is 10.2 Å². The largest absolute Gasteiger partial charge is 0.349 e. The number of nitrogens with one attached hydrogen (secondary N) is 1. The summed E-state index contributed by atoms with van der Waals surface area (Å²) < 4.78 is 3.83. The van der Waals surface area contributed by atoms with Gasteiger partial charge in [-0.3, -0.25) is 14.5 Å². The molecule has 0 saturated heterocycles. The summed E-state index contributed by atoms with van der Waals surface area (Å²) in [5.74, 6) is -0.235. The maximum absolute atomic E-state index is 13.5. The molecule has 2 amide bonds. The first-order valence-electron chi connectivity index (χ1n) is 9.73. The van der Waals surface area contributed by atoms with Crippen LogP contribution >= 0.6 is 22.9 Å². The van der Waals surface area contributed by atoms with E-state index in [-0.39, 0.29) is 17.5 Å². The molecule has 1 N–H and O–H groups in total. The molecular formula is C22H26N4O2S2. The first kappa shape index (κ1) is 22.1. The first-order chi connectivity index (χ1) is 14.2. The Balaban J connectivity index is 2.11. The lowest BCUT2D eigenvalue weighted by molar-refractivity contribution is -0.123. The lowest BCUT2D eigenvalue weighted by Gasteiger charge is -2.32. The lowest BCUT2D eigenvalue weighted by atomic mass is 10.0. The van der Waals surface area contributed by atoms with Crippen LogP contribution in [0.25, 0.3) is 0 Å². The van der Waals surface area contributed by atoms with Gasteiger partial charge in [0.1, 0.15) is 0 Å². The molecule has 3 rings (SSSR count). The fourth-order valence-electron chi connectivity index (χ4n) is 3.04. The molecule has 1 aromatic carbocycles. The Bertz CT molecular complexity index is 975. The molecule has 30 heavy (non-hydrogen) atoms. The van der Waals surface area contributed by atoms with Crippen LogP contribution in [0.1, 0.15) is 67.5 Å². The molecule has 0 aliphatic carbocycles. The Hall–Kier alpha value is -2.58. The van der Waals surface area contributed by atoms with Crippen molar-refractivity contribution in [1.29, 1.82) is 0 Å². The van der Waals surface area contributed by atoms with Crippen molar-refractivity contribution in [1.82, 2.24) is 14.9 Å². The number of rotatable bonds is 6. The third-order valence-corrected chi connectivity index (χ3v) is 5.88. The number of aromatic nitrogens is 2. The molecular weight excluding hydrogens is 416 g/mol. The van der Waals surface area contributed by atoms with Crippen molar-refractivity contribution in [2.45, 2.75) is 52.1 Å². The first-order valence-corrected chi connectivity index (χ1v) is 11.4. The Morgan fingerprint density at radius 1 is 1.10 bits per heavy atom. The number of hydrogen-bond donors (Lipinski definition) is 1. The number of amides is 2. The summed E-state index contributed by atoms with van der Waals surface area (Å²) in [6, 6.07) is 10.7. The molecule has 158 valence electrons. The molecule has 0 saturated carbocycles. The van der Waals surface area contributed by atoms with Crippen LogP contribution in [0.5, 0.6) is 0 Å². The van der Waals surface area contributed by atoms with Gasteiger partial charge in [-0.05, 0) is 67.4 Å². The minimum atomic E-state index is -0.816. The fraction of sp³-hybridized carbons (Fsp3) is 0.364. The Labute approximate surface area is 185 Å². The van der Waals surface area contributed by atoms with Gasteiger partial charge in [-0.1, -0.05) is 36.5 Å². The lowest BCUT2D eigenvalue weighted by Crippen LogP contribution is -2.49. The van der Waals surface area contributed by atoms with Gasteiger partial charge < -0.3 is 5.32 Å². The van der Waals surface area contributed by atoms with Crippen molar-refractivity contribution in [3.8, 4) is 0 Å². The second-order valence-electron chi connectivity index (χ2n) is 8.37. The highest BCUT2D eigenvalue weighted by atomic mass is 32.1. The SMILES string of the molecule is CC(C)c1ccc(N(C(=O)c2csnn2)C(C(=O)NC(C)(C)C)c2cccs2)cc1. The maximum atomic E-state index is 13.5. The average Bonchev–Trinajstić information content (AvgIpc) is 3.38. The van der Waals surface area contributed by atoms with E-state index in [9.17, 15) is 9.59 Å². The van der Waals surface area contributed by atoms with Gasteiger partial charge in [0.25, 0.3) is 5.91 Å². The van der Waals surface area contributed by atoms with Crippen LogP contribution in [-0.4, -0.2) is 26.9 Å². The van der Waals surface area contributed by atoms with E-state index in [2.05, 4.69) is 28.8 Å². The molecule has 1 atom stereocenters. The normalized spacial score (nSPS) is 12.6. The molecule has 8 heteroatoms. The average molecular weight is 443 g/mol. The van der Waals surface area contributed by atoms with E-state index < -0.39 is 11.6 Å². The quantitative estimate of drug-likeness (QED) is 0.581. The van der Waals surface area contributed by atoms with Crippen LogP contribution in [0.2, 0.25) is 0 Å². The van der Waals surface area contributed by atoms with Crippen molar-refractivity contribution >= 4 is 40.4 Å². The Kier molecular flexibility index (Phi) is 6.67. The van der Waals surface area contributed by atoms with E-state index in [0.29, 0.717) is 11.6 Å². The summed E-state index contributed by atoms with van der Waals surface area (Å²) >= 11 is 2.55. The second-order valence-corrected chi connectivity index (χ2v) is 9.96. The van der Waals surface area contributed by atoms with Gasteiger partial charge in [0.15, 0.2) is 11.7 Å². The van der Waals surface area contributed by atoms with E-state index in [1.54, 1.807) is 5.38 Å². The van der Waals surface area contributed by atoms with Crippen LogP contribution in [0.3, 0.4) is 0 Å². The summed E-state index contributed by atoms with van der Waals surface area (Å²) in [4.78, 5) is 29.2. The van der Waals surface area contributed by atoms with Crippen LogP contribution in [-0.2, 0) is 4.79 Å². The van der Waals surface area contributed by atoms with E-state index >= 15 is 0 Å². The standard InChI is InChI=1S/C22H26N4O2S2/c1-14(2)15-8-10-16(11-9-15)26(21(28)17-13-30-25-24-17)19(18-7-6-12-29-18)20(27)23-22(3,4)5/h6-14,19H,1-5H3,(H,23,27). The van der Waals surface area contributed by atoms with E-state index in [1.807, 2.05) is 62.5 Å². The highest BCUT2D eigenvalue weighted by Crippen LogP contribution is 2.33. The number of hydrogen-bond acceptors (Lipinski definition) is 6. The van der Waals surface area contributed by atoms with Crippen LogP contribution in [0, 0.1) is 0 Å². The fourth-order valence-corrected chi connectivity index (χ4v) is 4.29. The number of carbonyl (C=O) groups excluding carboxylic acids is 2. The van der Waals surface area contributed by atoms with Gasteiger partial charge in [0.05, 0.1) is 0 Å². The summed E-state index contributed by atoms with van der Waals surface area (Å²) in [5.41, 5.74) is 1.58. The van der Waals surface area contributed by atoms with Crippen molar-refractivity contribution in [2.24, 2.45) is 0 Å². The second kappa shape index (κ2) is 9.06. The van der Waals surface area contributed by atoms with Crippen molar-refractivity contribution in [3.63, 3.8) is 0 Å². The van der Waals surface area contributed by atoms with Gasteiger partial charge in [-0.25, -0.2) is 0 Å². The topological polar surface area (TPSA) is 75.2 Å². The van der Waals surface area contributed by atoms with Gasteiger partial charge in [0.2, 0.25) is 5.91 Å². The minimum Gasteiger partial charge on any atom is -0.349 e. The number of nitrogens with zero attached hydrogens (tertiary/aromatic N) is 3. The maximum Gasteiger partial charge on any atom is 0.280 e. The zero-order valence-electron chi connectivity index (χ0n) is 17.7. The predicted molar refractivity (Wildman–Crippen MR) is 122 cm³/mol. The summed E-state index contributed by atoms with van der Waals surface area (Å²) in [5, 5.41) is 10.5. The highest BCUT2D eigenvalue weighted by Gasteiger charge is 2.36. The number of benzene rings is 1. The molecule has 0 aliphatic heterocycles. The number of thiophene rings is 1. The molecule has 2 aromatic heterocycles. The summed E-state index contributed by atoms with van der Waals surface area (Å²) in [6.45, 7) is 9.99. The summed E-state index contributed by atoms with van der Waals surface area (Å²) in [6.07, 6.45) is 0. The highest BCUT2D eigenvalue weighted by molar-refractivity contribution is 7.10. The van der Waals surface area contributed by atoms with Gasteiger partial charge in [-0.15, -0.1) is 16.4 Å². The van der Waals surface area contributed by atoms with Gasteiger partial charge >= 0.3 is 0 Å². The third-order valence-electron chi connectivity index (χ3n) is 4.45. The molecule has 0 bridgehead atoms. The molecule has 0 spiro atoms. The molecule has 1 unspecified atom stereocenters. The molecule has 0 radical (unpaired) electrons. The van der Waals surface area contributed by atoms with E-state index in [4.69, 9.17) is 0 Å². The zero-order valence-corrected chi connectivity index (χ0v) is 19.4. The number of carbonyl (C=O) groups is 2. The minimum absolute atomic E-state index is 0.220. The predicted octanol–water partition coefficient (Wildman–Crippen LogP) is 5.03. The Morgan fingerprint density at radius 3 is 2.30 bits per heavy atom. The molecule has 6 nitrogen and oxygen atoms in total. The molecule has 0 fully saturated rings. The molecule has 2 heterocycles. The zero-order chi connectivity index (χ0) is 21.9. The van der Waals surface area contributed by atoms with Crippen LogP contribution in [0.4, 0.5) is 5.69 Å². The van der Waals surface area contributed by atoms with Gasteiger partial charge in [-0.2, -0.15) is 0 Å². The molecule has 3 aromatic rings. The summed E-state index contributed by atoms with van der Waals surface area (Å²) in [7, 11) is 0. The van der Waals surface area contributed by atoms with E-state index in [0.717, 1.165) is 22.0 Å².